The Morgan fingerprint density at radius 3 is 2.61 bits per heavy atom. The summed E-state index contributed by atoms with van der Waals surface area (Å²) in [6.07, 6.45) is 4.24. The molecule has 1 aromatic rings. The van der Waals surface area contributed by atoms with E-state index in [-0.39, 0.29) is 16.7 Å². The van der Waals surface area contributed by atoms with Crippen molar-refractivity contribution in [2.45, 2.75) is 43.5 Å². The summed E-state index contributed by atoms with van der Waals surface area (Å²) in [5.74, 6) is -0.114. The number of rotatable bonds is 5. The lowest BCUT2D eigenvalue weighted by Crippen LogP contribution is -2.42. The Kier molecular flexibility index (Phi) is 4.85. The number of Topliss-reactive ketones (excluding diaryl/α,β-unsaturated/α-hetero) is 1. The number of hydrogen-bond donors (Lipinski definition) is 0. The summed E-state index contributed by atoms with van der Waals surface area (Å²) >= 11 is 0. The number of sulfonamides is 1. The Labute approximate surface area is 138 Å². The SMILES string of the molecule is CC(=O)c1cccc(S(=O)(=O)N2CCC[C@@H]2CN2CCCC2)c1. The molecule has 0 amide bonds. The number of carbonyl (C=O) groups excluding carboxylic acids is 1. The van der Waals surface area contributed by atoms with Gasteiger partial charge in [-0.1, -0.05) is 12.1 Å². The van der Waals surface area contributed by atoms with Crippen LogP contribution in [0.4, 0.5) is 0 Å². The number of carbonyl (C=O) groups is 1. The highest BCUT2D eigenvalue weighted by Gasteiger charge is 2.36. The molecule has 6 heteroatoms. The Morgan fingerprint density at radius 2 is 1.91 bits per heavy atom. The van der Waals surface area contributed by atoms with Crippen molar-refractivity contribution in [2.75, 3.05) is 26.2 Å². The van der Waals surface area contributed by atoms with Gasteiger partial charge in [-0.15, -0.1) is 0 Å². The highest BCUT2D eigenvalue weighted by molar-refractivity contribution is 7.89. The van der Waals surface area contributed by atoms with Crippen molar-refractivity contribution in [3.63, 3.8) is 0 Å². The molecule has 1 atom stereocenters. The van der Waals surface area contributed by atoms with Crippen LogP contribution in [-0.4, -0.2) is 55.6 Å². The molecule has 5 nitrogen and oxygen atoms in total. The van der Waals surface area contributed by atoms with Crippen molar-refractivity contribution in [1.82, 2.24) is 9.21 Å². The fraction of sp³-hybridized carbons (Fsp3) is 0.588. The van der Waals surface area contributed by atoms with Crippen LogP contribution in [-0.2, 0) is 10.0 Å². The number of nitrogens with zero attached hydrogens (tertiary/aromatic N) is 2. The van der Waals surface area contributed by atoms with E-state index >= 15 is 0 Å². The van der Waals surface area contributed by atoms with Crippen molar-refractivity contribution >= 4 is 15.8 Å². The topological polar surface area (TPSA) is 57.7 Å². The molecule has 23 heavy (non-hydrogen) atoms. The lowest BCUT2D eigenvalue weighted by Gasteiger charge is -2.28. The van der Waals surface area contributed by atoms with Crippen LogP contribution in [0.5, 0.6) is 0 Å². The minimum Gasteiger partial charge on any atom is -0.302 e. The van der Waals surface area contributed by atoms with Gasteiger partial charge in [0.2, 0.25) is 10.0 Å². The van der Waals surface area contributed by atoms with Gasteiger partial charge in [0.1, 0.15) is 0 Å². The van der Waals surface area contributed by atoms with Crippen LogP contribution in [0.25, 0.3) is 0 Å². The molecule has 0 N–H and O–H groups in total. The van der Waals surface area contributed by atoms with Crippen molar-refractivity contribution < 1.29 is 13.2 Å². The summed E-state index contributed by atoms with van der Waals surface area (Å²) < 4.78 is 27.6. The van der Waals surface area contributed by atoms with Gasteiger partial charge in [-0.2, -0.15) is 4.31 Å². The van der Waals surface area contributed by atoms with Crippen LogP contribution in [0.1, 0.15) is 43.0 Å². The van der Waals surface area contributed by atoms with Crippen LogP contribution < -0.4 is 0 Å². The Bertz CT molecular complexity index is 681. The lowest BCUT2D eigenvalue weighted by atomic mass is 10.2. The Morgan fingerprint density at radius 1 is 1.17 bits per heavy atom. The maximum atomic E-state index is 13.0. The van der Waals surface area contributed by atoms with Gasteiger partial charge >= 0.3 is 0 Å². The largest absolute Gasteiger partial charge is 0.302 e. The summed E-state index contributed by atoms with van der Waals surface area (Å²) in [6.45, 7) is 5.00. The van der Waals surface area contributed by atoms with E-state index in [2.05, 4.69) is 4.90 Å². The number of hydrogen-bond acceptors (Lipinski definition) is 4. The average molecular weight is 336 g/mol. The van der Waals surface area contributed by atoms with E-state index in [1.54, 1.807) is 22.5 Å². The highest BCUT2D eigenvalue weighted by Crippen LogP contribution is 2.28. The second kappa shape index (κ2) is 6.71. The van der Waals surface area contributed by atoms with E-state index < -0.39 is 10.0 Å². The first-order valence-electron chi connectivity index (χ1n) is 8.34. The van der Waals surface area contributed by atoms with E-state index in [0.717, 1.165) is 32.5 Å². The van der Waals surface area contributed by atoms with Crippen LogP contribution in [0, 0.1) is 0 Å². The van der Waals surface area contributed by atoms with Crippen molar-refractivity contribution in [3.8, 4) is 0 Å². The molecule has 0 unspecified atom stereocenters. The van der Waals surface area contributed by atoms with Crippen molar-refractivity contribution in [2.24, 2.45) is 0 Å². The minimum atomic E-state index is -3.53. The zero-order chi connectivity index (χ0) is 16.4. The molecular weight excluding hydrogens is 312 g/mol. The third-order valence-corrected chi connectivity index (χ3v) is 6.79. The fourth-order valence-electron chi connectivity index (χ4n) is 3.58. The van der Waals surface area contributed by atoms with Crippen LogP contribution in [0.3, 0.4) is 0 Å². The Hall–Kier alpha value is -1.24. The van der Waals surface area contributed by atoms with E-state index in [9.17, 15) is 13.2 Å². The maximum Gasteiger partial charge on any atom is 0.243 e. The molecule has 2 aliphatic heterocycles. The zero-order valence-corrected chi connectivity index (χ0v) is 14.4. The molecule has 2 fully saturated rings. The molecule has 0 aromatic heterocycles. The van der Waals surface area contributed by atoms with E-state index in [4.69, 9.17) is 0 Å². The van der Waals surface area contributed by atoms with E-state index in [0.29, 0.717) is 12.1 Å². The van der Waals surface area contributed by atoms with Gasteiger partial charge in [0, 0.05) is 24.7 Å². The fourth-order valence-corrected chi connectivity index (χ4v) is 5.31. The second-order valence-electron chi connectivity index (χ2n) is 6.50. The molecule has 0 spiro atoms. The second-order valence-corrected chi connectivity index (χ2v) is 8.39. The predicted octanol–water partition coefficient (Wildman–Crippen LogP) is 2.14. The normalized spacial score (nSPS) is 23.4. The third-order valence-electron chi connectivity index (χ3n) is 4.84. The molecule has 0 radical (unpaired) electrons. The first-order valence-corrected chi connectivity index (χ1v) is 9.78. The van der Waals surface area contributed by atoms with Crippen LogP contribution in [0.2, 0.25) is 0 Å². The third kappa shape index (κ3) is 3.49. The van der Waals surface area contributed by atoms with Gasteiger partial charge in [-0.05, 0) is 57.8 Å². The summed E-state index contributed by atoms with van der Waals surface area (Å²) in [4.78, 5) is 14.1. The van der Waals surface area contributed by atoms with E-state index in [1.807, 2.05) is 0 Å². The van der Waals surface area contributed by atoms with Crippen LogP contribution in [0.15, 0.2) is 29.2 Å². The quantitative estimate of drug-likeness (QED) is 0.773. The first-order chi connectivity index (χ1) is 11.0. The molecular formula is C17H24N2O3S. The molecule has 0 bridgehead atoms. The molecule has 1 aromatic carbocycles. The predicted molar refractivity (Wildman–Crippen MR) is 89.0 cm³/mol. The molecule has 2 aliphatic rings. The molecule has 0 saturated carbocycles. The monoisotopic (exact) mass is 336 g/mol. The summed E-state index contributed by atoms with van der Waals surface area (Å²) in [6, 6.07) is 6.46. The zero-order valence-electron chi connectivity index (χ0n) is 13.6. The highest BCUT2D eigenvalue weighted by atomic mass is 32.2. The molecule has 2 saturated heterocycles. The summed E-state index contributed by atoms with van der Waals surface area (Å²) in [5.41, 5.74) is 0.446. The minimum absolute atomic E-state index is 0.0547. The smallest absolute Gasteiger partial charge is 0.243 e. The molecule has 0 aliphatic carbocycles. The number of benzene rings is 1. The van der Waals surface area contributed by atoms with E-state index in [1.165, 1.54) is 25.8 Å². The molecule has 3 rings (SSSR count). The lowest BCUT2D eigenvalue weighted by molar-refractivity contribution is 0.101. The summed E-state index contributed by atoms with van der Waals surface area (Å²) in [5, 5.41) is 0. The molecule has 126 valence electrons. The summed E-state index contributed by atoms with van der Waals surface area (Å²) in [7, 11) is -3.53. The van der Waals surface area contributed by atoms with Gasteiger partial charge in [0.25, 0.3) is 0 Å². The van der Waals surface area contributed by atoms with Gasteiger partial charge in [0.05, 0.1) is 4.90 Å². The van der Waals surface area contributed by atoms with Gasteiger partial charge in [-0.3, -0.25) is 4.79 Å². The van der Waals surface area contributed by atoms with Crippen LogP contribution >= 0.6 is 0 Å². The van der Waals surface area contributed by atoms with Gasteiger partial charge < -0.3 is 4.90 Å². The molecule has 2 heterocycles. The average Bonchev–Trinajstić information content (AvgIpc) is 3.20. The van der Waals surface area contributed by atoms with Gasteiger partial charge in [-0.25, -0.2) is 8.42 Å². The first kappa shape index (κ1) is 16.6. The maximum absolute atomic E-state index is 13.0. The van der Waals surface area contributed by atoms with Gasteiger partial charge in [0.15, 0.2) is 5.78 Å². The number of likely N-dealkylation sites (tertiary alicyclic amines) is 1. The Balaban J connectivity index is 1.82. The standard InChI is InChI=1S/C17H24N2O3S/c1-14(20)15-6-4-8-17(12-15)23(21,22)19-11-5-7-16(19)13-18-9-2-3-10-18/h4,6,8,12,16H,2-3,5,7,9-11,13H2,1H3/t16-/m1/s1. The van der Waals surface area contributed by atoms with Crippen molar-refractivity contribution in [1.29, 1.82) is 0 Å². The number of ketones is 1. The van der Waals surface area contributed by atoms with Crippen molar-refractivity contribution in [3.05, 3.63) is 29.8 Å².